The highest BCUT2D eigenvalue weighted by Gasteiger charge is 2.20. The van der Waals surface area contributed by atoms with Crippen molar-refractivity contribution in [2.45, 2.75) is 25.7 Å². The van der Waals surface area contributed by atoms with E-state index in [-0.39, 0.29) is 17.3 Å². The molecule has 0 radical (unpaired) electrons. The summed E-state index contributed by atoms with van der Waals surface area (Å²) in [5, 5.41) is 2.70. The highest BCUT2D eigenvalue weighted by atomic mass is 32.2. The number of ether oxygens (including phenoxy) is 1. The van der Waals surface area contributed by atoms with E-state index in [1.165, 1.54) is 27.1 Å². The standard InChI is InChI=1S/C20H24N2O5S/c1-13-9-18(28(25,26)22(4)5)11-19(14(13)2)21-20(24)12-27-17-8-6-7-16(10-17)15(3)23/h6-11H,12H2,1-5H3,(H,21,24). The summed E-state index contributed by atoms with van der Waals surface area (Å²) in [5.74, 6) is -0.130. The van der Waals surface area contributed by atoms with Crippen LogP contribution in [-0.2, 0) is 14.8 Å². The predicted molar refractivity (Wildman–Crippen MR) is 107 cm³/mol. The molecule has 1 amide bonds. The second-order valence-corrected chi connectivity index (χ2v) is 8.77. The predicted octanol–water partition coefficient (Wildman–Crippen LogP) is 2.77. The number of benzene rings is 2. The maximum atomic E-state index is 12.4. The summed E-state index contributed by atoms with van der Waals surface area (Å²) < 4.78 is 31.3. The van der Waals surface area contributed by atoms with Crippen molar-refractivity contribution in [2.24, 2.45) is 0 Å². The maximum absolute atomic E-state index is 12.4. The number of sulfonamides is 1. The van der Waals surface area contributed by atoms with Crippen molar-refractivity contribution in [1.29, 1.82) is 0 Å². The van der Waals surface area contributed by atoms with Gasteiger partial charge in [0.2, 0.25) is 10.0 Å². The van der Waals surface area contributed by atoms with Gasteiger partial charge in [-0.2, -0.15) is 0 Å². The van der Waals surface area contributed by atoms with E-state index in [1.807, 2.05) is 0 Å². The topological polar surface area (TPSA) is 92.8 Å². The highest BCUT2D eigenvalue weighted by molar-refractivity contribution is 7.89. The first kappa shape index (κ1) is 21.6. The molecule has 0 heterocycles. The summed E-state index contributed by atoms with van der Waals surface area (Å²) >= 11 is 0. The van der Waals surface area contributed by atoms with Crippen LogP contribution in [0.3, 0.4) is 0 Å². The van der Waals surface area contributed by atoms with Gasteiger partial charge in [0.25, 0.3) is 5.91 Å². The van der Waals surface area contributed by atoms with Crippen molar-refractivity contribution < 1.29 is 22.7 Å². The Bertz CT molecular complexity index is 1010. The Morgan fingerprint density at radius 2 is 1.79 bits per heavy atom. The number of nitrogens with zero attached hydrogens (tertiary/aromatic N) is 1. The fourth-order valence-corrected chi connectivity index (χ4v) is 3.47. The summed E-state index contributed by atoms with van der Waals surface area (Å²) in [4.78, 5) is 23.8. The van der Waals surface area contributed by atoms with Crippen LogP contribution in [0.2, 0.25) is 0 Å². The minimum absolute atomic E-state index is 0.0973. The smallest absolute Gasteiger partial charge is 0.262 e. The van der Waals surface area contributed by atoms with Crippen LogP contribution in [0.1, 0.15) is 28.4 Å². The molecule has 1 N–H and O–H groups in total. The molecule has 0 aliphatic carbocycles. The van der Waals surface area contributed by atoms with Crippen molar-refractivity contribution >= 4 is 27.4 Å². The number of carbonyl (C=O) groups excluding carboxylic acids is 2. The van der Waals surface area contributed by atoms with Gasteiger partial charge < -0.3 is 10.1 Å². The molecular weight excluding hydrogens is 380 g/mol. The number of amides is 1. The number of carbonyl (C=O) groups is 2. The zero-order chi connectivity index (χ0) is 21.1. The molecule has 0 bridgehead atoms. The third kappa shape index (κ3) is 4.96. The number of aryl methyl sites for hydroxylation is 1. The lowest BCUT2D eigenvalue weighted by Crippen LogP contribution is -2.24. The first-order valence-electron chi connectivity index (χ1n) is 8.60. The Kier molecular flexibility index (Phi) is 6.58. The summed E-state index contributed by atoms with van der Waals surface area (Å²) in [5.41, 5.74) is 2.41. The van der Waals surface area contributed by atoms with Crippen molar-refractivity contribution in [2.75, 3.05) is 26.0 Å². The highest BCUT2D eigenvalue weighted by Crippen LogP contribution is 2.25. The molecule has 28 heavy (non-hydrogen) atoms. The lowest BCUT2D eigenvalue weighted by Gasteiger charge is -2.16. The molecule has 0 aliphatic heterocycles. The van der Waals surface area contributed by atoms with Crippen LogP contribution in [0.15, 0.2) is 41.3 Å². The van der Waals surface area contributed by atoms with E-state index in [4.69, 9.17) is 4.74 Å². The van der Waals surface area contributed by atoms with Crippen molar-refractivity contribution in [3.05, 3.63) is 53.1 Å². The molecule has 0 aliphatic rings. The molecule has 0 unspecified atom stereocenters. The van der Waals surface area contributed by atoms with Gasteiger partial charge >= 0.3 is 0 Å². The Morgan fingerprint density at radius 1 is 1.11 bits per heavy atom. The van der Waals surface area contributed by atoms with Crippen molar-refractivity contribution in [3.63, 3.8) is 0 Å². The normalized spacial score (nSPS) is 11.4. The van der Waals surface area contributed by atoms with Gasteiger partial charge in [-0.05, 0) is 56.2 Å². The maximum Gasteiger partial charge on any atom is 0.262 e. The molecule has 2 aromatic carbocycles. The minimum atomic E-state index is -3.62. The van der Waals surface area contributed by atoms with Crippen LogP contribution < -0.4 is 10.1 Å². The van der Waals surface area contributed by atoms with E-state index in [1.54, 1.807) is 44.2 Å². The van der Waals surface area contributed by atoms with E-state index < -0.39 is 15.9 Å². The second kappa shape index (κ2) is 8.53. The van der Waals surface area contributed by atoms with E-state index >= 15 is 0 Å². The summed E-state index contributed by atoms with van der Waals surface area (Å²) in [6, 6.07) is 9.57. The van der Waals surface area contributed by atoms with Gasteiger partial charge in [-0.1, -0.05) is 12.1 Å². The van der Waals surface area contributed by atoms with Crippen molar-refractivity contribution in [1.82, 2.24) is 4.31 Å². The Morgan fingerprint density at radius 3 is 2.39 bits per heavy atom. The quantitative estimate of drug-likeness (QED) is 0.717. The monoisotopic (exact) mass is 404 g/mol. The van der Waals surface area contributed by atoms with Crippen LogP contribution >= 0.6 is 0 Å². The lowest BCUT2D eigenvalue weighted by molar-refractivity contribution is -0.118. The molecule has 2 rings (SSSR count). The first-order valence-corrected chi connectivity index (χ1v) is 10.0. The van der Waals surface area contributed by atoms with Gasteiger partial charge in [-0.25, -0.2) is 12.7 Å². The van der Waals surface area contributed by atoms with E-state index in [0.29, 0.717) is 17.0 Å². The Balaban J connectivity index is 2.17. The number of anilines is 1. The van der Waals surface area contributed by atoms with E-state index in [9.17, 15) is 18.0 Å². The van der Waals surface area contributed by atoms with Gasteiger partial charge in [0.15, 0.2) is 12.4 Å². The fourth-order valence-electron chi connectivity index (χ4n) is 2.46. The van der Waals surface area contributed by atoms with Crippen LogP contribution in [0.5, 0.6) is 5.75 Å². The first-order chi connectivity index (χ1) is 13.0. The van der Waals surface area contributed by atoms with E-state index in [2.05, 4.69) is 5.32 Å². The molecule has 2 aromatic rings. The zero-order valence-corrected chi connectivity index (χ0v) is 17.4. The number of hydrogen-bond acceptors (Lipinski definition) is 5. The zero-order valence-electron chi connectivity index (χ0n) is 16.6. The molecule has 0 spiro atoms. The number of ketones is 1. The Labute approximate surface area is 165 Å². The molecule has 8 heteroatoms. The van der Waals surface area contributed by atoms with Gasteiger partial charge in [0, 0.05) is 25.3 Å². The third-order valence-corrected chi connectivity index (χ3v) is 6.10. The molecule has 0 atom stereocenters. The molecule has 0 fully saturated rings. The summed E-state index contributed by atoms with van der Waals surface area (Å²) in [6.07, 6.45) is 0. The molecule has 0 saturated carbocycles. The average Bonchev–Trinajstić information content (AvgIpc) is 2.63. The molecule has 0 aromatic heterocycles. The largest absolute Gasteiger partial charge is 0.484 e. The van der Waals surface area contributed by atoms with Crippen molar-refractivity contribution in [3.8, 4) is 5.75 Å². The average molecular weight is 404 g/mol. The van der Waals surface area contributed by atoms with E-state index in [0.717, 1.165) is 15.4 Å². The number of rotatable bonds is 7. The van der Waals surface area contributed by atoms with Gasteiger partial charge in [0.1, 0.15) is 5.75 Å². The fraction of sp³-hybridized carbons (Fsp3) is 0.300. The third-order valence-electron chi connectivity index (χ3n) is 4.30. The lowest BCUT2D eigenvalue weighted by atomic mass is 10.1. The number of Topliss-reactive ketones (excluding diaryl/α,β-unsaturated/α-hetero) is 1. The molecule has 150 valence electrons. The molecule has 0 saturated heterocycles. The summed E-state index contributed by atoms with van der Waals surface area (Å²) in [7, 11) is -0.723. The van der Waals surface area contributed by atoms with Crippen LogP contribution in [0.4, 0.5) is 5.69 Å². The van der Waals surface area contributed by atoms with Gasteiger partial charge in [0.05, 0.1) is 4.90 Å². The molecular formula is C20H24N2O5S. The molecule has 7 nitrogen and oxygen atoms in total. The van der Waals surface area contributed by atoms with Gasteiger partial charge in [-0.15, -0.1) is 0 Å². The Hall–Kier alpha value is -2.71. The number of nitrogens with one attached hydrogen (secondary N) is 1. The number of hydrogen-bond donors (Lipinski definition) is 1. The summed E-state index contributed by atoms with van der Waals surface area (Å²) in [6.45, 7) is 4.76. The van der Waals surface area contributed by atoms with Gasteiger partial charge in [-0.3, -0.25) is 9.59 Å². The SMILES string of the molecule is CC(=O)c1cccc(OCC(=O)Nc2cc(S(=O)(=O)N(C)C)cc(C)c2C)c1. The van der Waals surface area contributed by atoms with Crippen LogP contribution in [0.25, 0.3) is 0 Å². The minimum Gasteiger partial charge on any atom is -0.484 e. The van der Waals surface area contributed by atoms with Crippen LogP contribution in [0, 0.1) is 13.8 Å². The second-order valence-electron chi connectivity index (χ2n) is 6.62. The van der Waals surface area contributed by atoms with Crippen LogP contribution in [-0.4, -0.2) is 45.1 Å².